The van der Waals surface area contributed by atoms with Gasteiger partial charge in [0, 0.05) is 10.8 Å². The van der Waals surface area contributed by atoms with Crippen molar-refractivity contribution in [2.75, 3.05) is 12.4 Å². The summed E-state index contributed by atoms with van der Waals surface area (Å²) in [4.78, 5) is 3.40. The van der Waals surface area contributed by atoms with Crippen molar-refractivity contribution in [1.29, 1.82) is 5.41 Å². The Bertz CT molecular complexity index is 134. The molecule has 0 aromatic carbocycles. The molecular formula is C8H16Cl2N2. The lowest BCUT2D eigenvalue weighted by Gasteiger charge is -2.11. The molecule has 12 heavy (non-hydrogen) atoms. The molecule has 0 aliphatic carbocycles. The van der Waals surface area contributed by atoms with E-state index in [1.165, 1.54) is 0 Å². The molecule has 4 heteroatoms. The van der Waals surface area contributed by atoms with Crippen molar-refractivity contribution < 1.29 is 0 Å². The number of nitrogens with zero attached hydrogens (tertiary/aromatic N) is 1. The first-order valence-corrected chi connectivity index (χ1v) is 4.72. The second kappa shape index (κ2) is 9.05. The maximum absolute atomic E-state index is 6.45. The zero-order chi connectivity index (χ0) is 10.0. The van der Waals surface area contributed by atoms with Crippen LogP contribution in [0.1, 0.15) is 27.2 Å². The van der Waals surface area contributed by atoms with Crippen LogP contribution in [0.2, 0.25) is 0 Å². The predicted octanol–water partition coefficient (Wildman–Crippen LogP) is 3.39. The van der Waals surface area contributed by atoms with E-state index in [1.807, 2.05) is 26.8 Å². The summed E-state index contributed by atoms with van der Waals surface area (Å²) in [5.74, 6) is 0.722. The highest BCUT2D eigenvalue weighted by atomic mass is 35.5. The summed E-state index contributed by atoms with van der Waals surface area (Å²) in [6, 6.07) is 1.96. The zero-order valence-corrected chi connectivity index (χ0v) is 9.34. The Hall–Kier alpha value is -0.0400. The van der Waals surface area contributed by atoms with E-state index in [0.717, 1.165) is 12.3 Å². The maximum Gasteiger partial charge on any atom is 0.0861 e. The van der Waals surface area contributed by atoms with Crippen LogP contribution < -0.4 is 0 Å². The molecule has 0 saturated heterocycles. The first kappa shape index (κ1) is 14.5. The average Bonchev–Trinajstić information content (AvgIpc) is 1.87. The van der Waals surface area contributed by atoms with Gasteiger partial charge in [0.25, 0.3) is 0 Å². The molecule has 0 unspecified atom stereocenters. The minimum atomic E-state index is -0.194. The van der Waals surface area contributed by atoms with Crippen LogP contribution in [-0.2, 0) is 0 Å². The van der Waals surface area contributed by atoms with E-state index in [1.54, 1.807) is 0 Å². The first-order valence-electron chi connectivity index (χ1n) is 3.81. The lowest BCUT2D eigenvalue weighted by atomic mass is 10.1. The van der Waals surface area contributed by atoms with Crippen molar-refractivity contribution in [3.8, 4) is 0 Å². The summed E-state index contributed by atoms with van der Waals surface area (Å²) >= 11 is 10.8. The van der Waals surface area contributed by atoms with Crippen molar-refractivity contribution >= 4 is 29.2 Å². The van der Waals surface area contributed by atoms with Crippen molar-refractivity contribution in [3.05, 3.63) is 0 Å². The molecule has 0 atom stereocenters. The second-order valence-corrected chi connectivity index (χ2v) is 4.29. The Balaban J connectivity index is 0. The normalized spacial score (nSPS) is 9.42. The summed E-state index contributed by atoms with van der Waals surface area (Å²) in [6.45, 7) is 6.34. The molecule has 0 amide bonds. The summed E-state index contributed by atoms with van der Waals surface area (Å²) < 4.78 is 0. The molecule has 0 aliphatic heterocycles. The number of halogens is 2. The smallest absolute Gasteiger partial charge is 0.0861 e. The van der Waals surface area contributed by atoms with Crippen molar-refractivity contribution in [2.45, 2.75) is 32.1 Å². The molecule has 0 heterocycles. The molecule has 2 nitrogen and oxygen atoms in total. The van der Waals surface area contributed by atoms with Gasteiger partial charge in [0.2, 0.25) is 0 Å². The van der Waals surface area contributed by atoms with E-state index >= 15 is 0 Å². The number of hydrogen-bond acceptors (Lipinski definition) is 2. The Kier molecular flexibility index (Phi) is 10.9. The SMILES string of the molecule is CC(C)(Cl)CCN=C=N.CCCl. The molecule has 0 fully saturated rings. The van der Waals surface area contributed by atoms with Gasteiger partial charge in [-0.05, 0) is 20.3 Å². The van der Waals surface area contributed by atoms with E-state index in [2.05, 4.69) is 4.99 Å². The zero-order valence-electron chi connectivity index (χ0n) is 7.82. The molecule has 0 aromatic rings. The third-order valence-corrected chi connectivity index (χ3v) is 1.09. The molecule has 0 rings (SSSR count). The molecule has 0 bridgehead atoms. The van der Waals surface area contributed by atoms with Gasteiger partial charge in [-0.1, -0.05) is 6.92 Å². The second-order valence-electron chi connectivity index (χ2n) is 2.73. The van der Waals surface area contributed by atoms with Crippen LogP contribution >= 0.6 is 23.2 Å². The highest BCUT2D eigenvalue weighted by Crippen LogP contribution is 2.16. The lowest BCUT2D eigenvalue weighted by Crippen LogP contribution is -2.10. The topological polar surface area (TPSA) is 36.2 Å². The lowest BCUT2D eigenvalue weighted by molar-refractivity contribution is 0.639. The van der Waals surface area contributed by atoms with E-state index in [-0.39, 0.29) is 4.87 Å². The molecule has 72 valence electrons. The summed E-state index contributed by atoms with van der Waals surface area (Å²) in [5.41, 5.74) is 0. The van der Waals surface area contributed by atoms with Crippen molar-refractivity contribution in [3.63, 3.8) is 0 Å². The Morgan fingerprint density at radius 1 is 1.50 bits per heavy atom. The first-order chi connectivity index (χ1) is 5.47. The molecule has 0 radical (unpaired) electrons. The van der Waals surface area contributed by atoms with Crippen LogP contribution in [0, 0.1) is 5.41 Å². The third-order valence-electron chi connectivity index (χ3n) is 0.897. The van der Waals surface area contributed by atoms with E-state index < -0.39 is 0 Å². The van der Waals surface area contributed by atoms with Crippen LogP contribution in [0.15, 0.2) is 4.99 Å². The average molecular weight is 211 g/mol. The highest BCUT2D eigenvalue weighted by Gasteiger charge is 2.10. The van der Waals surface area contributed by atoms with Crippen molar-refractivity contribution in [2.24, 2.45) is 4.99 Å². The largest absolute Gasteiger partial charge is 0.242 e. The predicted molar refractivity (Wildman–Crippen MR) is 56.0 cm³/mol. The quantitative estimate of drug-likeness (QED) is 0.548. The van der Waals surface area contributed by atoms with E-state index in [9.17, 15) is 0 Å². The maximum atomic E-state index is 6.45. The number of aliphatic imine (C=N–C) groups is 1. The van der Waals surface area contributed by atoms with Gasteiger partial charge in [-0.2, -0.15) is 0 Å². The molecule has 1 N–H and O–H groups in total. The summed E-state index contributed by atoms with van der Waals surface area (Å²) in [6.07, 6.45) is 0.792. The summed E-state index contributed by atoms with van der Waals surface area (Å²) in [7, 11) is 0. The van der Waals surface area contributed by atoms with Gasteiger partial charge in [0.15, 0.2) is 0 Å². The number of rotatable bonds is 3. The molecule has 0 saturated carbocycles. The molecule has 0 aliphatic rings. The molecule has 0 spiro atoms. The third kappa shape index (κ3) is 22.5. The van der Waals surface area contributed by atoms with E-state index in [0.29, 0.717) is 6.54 Å². The van der Waals surface area contributed by atoms with Crippen LogP contribution in [-0.4, -0.2) is 23.3 Å². The van der Waals surface area contributed by atoms with Gasteiger partial charge in [-0.15, -0.1) is 23.2 Å². The number of nitrogens with one attached hydrogen (secondary N) is 1. The van der Waals surface area contributed by atoms with Gasteiger partial charge < -0.3 is 0 Å². The van der Waals surface area contributed by atoms with Crippen molar-refractivity contribution in [1.82, 2.24) is 0 Å². The molecular weight excluding hydrogens is 195 g/mol. The van der Waals surface area contributed by atoms with Gasteiger partial charge in [-0.25, -0.2) is 10.4 Å². The standard InChI is InChI=1S/C6H11ClN2.C2H5Cl/c1-6(2,7)3-4-9-5-8;1-2-3/h8H,3-4H2,1-2H3;2H2,1H3. The van der Waals surface area contributed by atoms with Gasteiger partial charge in [0.05, 0.1) is 12.6 Å². The fraction of sp³-hybridized carbons (Fsp3) is 0.875. The summed E-state index contributed by atoms with van der Waals surface area (Å²) in [5, 5.41) is 6.45. The Morgan fingerprint density at radius 2 is 1.92 bits per heavy atom. The van der Waals surface area contributed by atoms with E-state index in [4.69, 9.17) is 28.6 Å². The fourth-order valence-electron chi connectivity index (χ4n) is 0.378. The van der Waals surface area contributed by atoms with Gasteiger partial charge in [0.1, 0.15) is 0 Å². The van der Waals surface area contributed by atoms with Gasteiger partial charge in [-0.3, -0.25) is 0 Å². The number of alkyl halides is 2. The molecule has 0 aromatic heterocycles. The highest BCUT2D eigenvalue weighted by molar-refractivity contribution is 6.23. The minimum Gasteiger partial charge on any atom is -0.242 e. The minimum absolute atomic E-state index is 0.194. The van der Waals surface area contributed by atoms with Gasteiger partial charge >= 0.3 is 0 Å². The van der Waals surface area contributed by atoms with Crippen LogP contribution in [0.5, 0.6) is 0 Å². The monoisotopic (exact) mass is 210 g/mol. The van der Waals surface area contributed by atoms with Crippen LogP contribution in [0.25, 0.3) is 0 Å². The van der Waals surface area contributed by atoms with Crippen LogP contribution in [0.4, 0.5) is 0 Å². The van der Waals surface area contributed by atoms with Crippen LogP contribution in [0.3, 0.4) is 0 Å². The number of hydrogen-bond donors (Lipinski definition) is 1. The fourth-order valence-corrected chi connectivity index (χ4v) is 0.462. The Labute approximate surface area is 84.5 Å². The Morgan fingerprint density at radius 3 is 2.17 bits per heavy atom.